The zero-order valence-corrected chi connectivity index (χ0v) is 8.95. The van der Waals surface area contributed by atoms with Gasteiger partial charge in [0.05, 0.1) is 6.04 Å². The first-order chi connectivity index (χ1) is 7.04. The maximum absolute atomic E-state index is 11.4. The molecule has 0 radical (unpaired) electrons. The van der Waals surface area contributed by atoms with Crippen LogP contribution in [0.1, 0.15) is 18.9 Å². The number of anilines is 1. The summed E-state index contributed by atoms with van der Waals surface area (Å²) in [7, 11) is 0. The molecule has 0 bridgehead atoms. The molecule has 15 heavy (non-hydrogen) atoms. The lowest BCUT2D eigenvalue weighted by atomic mass is 10.2. The van der Waals surface area contributed by atoms with E-state index in [9.17, 15) is 9.90 Å². The van der Waals surface area contributed by atoms with E-state index in [4.69, 9.17) is 5.73 Å². The van der Waals surface area contributed by atoms with Crippen molar-refractivity contribution in [1.82, 2.24) is 0 Å². The Morgan fingerprint density at radius 3 is 2.80 bits per heavy atom. The summed E-state index contributed by atoms with van der Waals surface area (Å²) in [6.07, 6.45) is 0.587. The molecule has 0 saturated heterocycles. The Morgan fingerprint density at radius 1 is 1.60 bits per heavy atom. The van der Waals surface area contributed by atoms with E-state index >= 15 is 0 Å². The zero-order valence-electron chi connectivity index (χ0n) is 8.95. The van der Waals surface area contributed by atoms with Crippen molar-refractivity contribution in [3.8, 4) is 5.75 Å². The Hall–Kier alpha value is -1.55. The van der Waals surface area contributed by atoms with Crippen molar-refractivity contribution in [2.45, 2.75) is 26.3 Å². The van der Waals surface area contributed by atoms with Gasteiger partial charge in [0.15, 0.2) is 0 Å². The van der Waals surface area contributed by atoms with Gasteiger partial charge in [-0.05, 0) is 25.0 Å². The van der Waals surface area contributed by atoms with Crippen molar-refractivity contribution in [1.29, 1.82) is 0 Å². The van der Waals surface area contributed by atoms with Crippen LogP contribution in [0.4, 0.5) is 5.69 Å². The van der Waals surface area contributed by atoms with Crippen molar-refractivity contribution in [2.75, 3.05) is 5.32 Å². The first-order valence-electron chi connectivity index (χ1n) is 4.90. The van der Waals surface area contributed by atoms with Gasteiger partial charge >= 0.3 is 0 Å². The highest BCUT2D eigenvalue weighted by Gasteiger charge is 2.11. The highest BCUT2D eigenvalue weighted by Crippen LogP contribution is 2.20. The molecule has 0 aliphatic carbocycles. The van der Waals surface area contributed by atoms with Gasteiger partial charge in [-0.15, -0.1) is 0 Å². The quantitative estimate of drug-likeness (QED) is 0.702. The average Bonchev–Trinajstić information content (AvgIpc) is 2.22. The van der Waals surface area contributed by atoms with Gasteiger partial charge in [0, 0.05) is 11.8 Å². The van der Waals surface area contributed by atoms with Crippen molar-refractivity contribution >= 4 is 11.6 Å². The fourth-order valence-corrected chi connectivity index (χ4v) is 1.11. The van der Waals surface area contributed by atoms with E-state index in [1.807, 2.05) is 6.92 Å². The summed E-state index contributed by atoms with van der Waals surface area (Å²) >= 11 is 0. The number of benzene rings is 1. The molecule has 1 atom stereocenters. The molecule has 1 aromatic rings. The Kier molecular flexibility index (Phi) is 3.68. The molecule has 1 amide bonds. The van der Waals surface area contributed by atoms with Crippen molar-refractivity contribution in [2.24, 2.45) is 5.73 Å². The summed E-state index contributed by atoms with van der Waals surface area (Å²) in [5.74, 6) is -0.0707. The number of rotatable bonds is 3. The van der Waals surface area contributed by atoms with E-state index < -0.39 is 6.04 Å². The SMILES string of the molecule is CC[C@@H](N)C(=O)Nc1ccc(C)c(O)c1. The molecule has 0 aliphatic rings. The molecule has 1 aromatic carbocycles. The second-order valence-electron chi connectivity index (χ2n) is 3.51. The number of hydrogen-bond acceptors (Lipinski definition) is 3. The van der Waals surface area contributed by atoms with E-state index in [-0.39, 0.29) is 11.7 Å². The molecule has 4 nitrogen and oxygen atoms in total. The summed E-state index contributed by atoms with van der Waals surface area (Å²) in [4.78, 5) is 11.4. The van der Waals surface area contributed by atoms with Crippen LogP contribution in [0.25, 0.3) is 0 Å². The maximum Gasteiger partial charge on any atom is 0.241 e. The minimum atomic E-state index is -0.506. The van der Waals surface area contributed by atoms with Crippen LogP contribution in [0, 0.1) is 6.92 Å². The Balaban J connectivity index is 2.73. The Bertz CT molecular complexity index is 364. The lowest BCUT2D eigenvalue weighted by molar-refractivity contribution is -0.117. The minimum absolute atomic E-state index is 0.165. The normalized spacial score (nSPS) is 12.2. The third-order valence-electron chi connectivity index (χ3n) is 2.25. The summed E-state index contributed by atoms with van der Waals surface area (Å²) in [6.45, 7) is 3.63. The number of amides is 1. The number of aromatic hydroxyl groups is 1. The standard InChI is InChI=1S/C11H16N2O2/c1-3-9(12)11(15)13-8-5-4-7(2)10(14)6-8/h4-6,9,14H,3,12H2,1-2H3,(H,13,15)/t9-/m1/s1. The Labute approximate surface area is 89.1 Å². The van der Waals surface area contributed by atoms with E-state index in [1.54, 1.807) is 19.1 Å². The smallest absolute Gasteiger partial charge is 0.241 e. The fraction of sp³-hybridized carbons (Fsp3) is 0.364. The molecule has 0 heterocycles. The van der Waals surface area contributed by atoms with E-state index in [0.717, 1.165) is 5.56 Å². The van der Waals surface area contributed by atoms with Crippen LogP contribution in [0.2, 0.25) is 0 Å². The van der Waals surface area contributed by atoms with Crippen molar-refractivity contribution in [3.05, 3.63) is 23.8 Å². The van der Waals surface area contributed by atoms with Crippen LogP contribution in [-0.4, -0.2) is 17.1 Å². The first-order valence-corrected chi connectivity index (χ1v) is 4.90. The molecule has 0 unspecified atom stereocenters. The number of nitrogens with one attached hydrogen (secondary N) is 1. The lowest BCUT2D eigenvalue weighted by Crippen LogP contribution is -2.34. The minimum Gasteiger partial charge on any atom is -0.508 e. The molecule has 0 fully saturated rings. The molecule has 0 spiro atoms. The van der Waals surface area contributed by atoms with Crippen LogP contribution >= 0.6 is 0 Å². The predicted octanol–water partition coefficient (Wildman–Crippen LogP) is 1.38. The van der Waals surface area contributed by atoms with Gasteiger partial charge in [0.1, 0.15) is 5.75 Å². The summed E-state index contributed by atoms with van der Waals surface area (Å²) in [6, 6.07) is 4.47. The number of carbonyl (C=O) groups is 1. The fourth-order valence-electron chi connectivity index (χ4n) is 1.11. The van der Waals surface area contributed by atoms with Crippen LogP contribution in [0.5, 0.6) is 5.75 Å². The van der Waals surface area contributed by atoms with Crippen molar-refractivity contribution < 1.29 is 9.90 Å². The number of phenolic OH excluding ortho intramolecular Hbond substituents is 1. The van der Waals surface area contributed by atoms with Gasteiger partial charge in [0.2, 0.25) is 5.91 Å². The summed E-state index contributed by atoms with van der Waals surface area (Å²) < 4.78 is 0. The van der Waals surface area contributed by atoms with E-state index in [1.165, 1.54) is 6.07 Å². The average molecular weight is 208 g/mol. The summed E-state index contributed by atoms with van der Waals surface area (Å²) in [5.41, 5.74) is 6.89. The molecule has 0 aromatic heterocycles. The molecular weight excluding hydrogens is 192 g/mol. The second-order valence-corrected chi connectivity index (χ2v) is 3.51. The van der Waals surface area contributed by atoms with Crippen LogP contribution in [0.3, 0.4) is 0 Å². The molecule has 4 N–H and O–H groups in total. The van der Waals surface area contributed by atoms with Crippen LogP contribution in [-0.2, 0) is 4.79 Å². The van der Waals surface area contributed by atoms with E-state index in [2.05, 4.69) is 5.32 Å². The van der Waals surface area contributed by atoms with Gasteiger partial charge in [-0.2, -0.15) is 0 Å². The van der Waals surface area contributed by atoms with Crippen LogP contribution < -0.4 is 11.1 Å². The molecule has 0 saturated carbocycles. The van der Waals surface area contributed by atoms with Gasteiger partial charge in [0.25, 0.3) is 0 Å². The molecule has 1 rings (SSSR count). The molecule has 4 heteroatoms. The molecular formula is C11H16N2O2. The number of hydrogen-bond donors (Lipinski definition) is 3. The van der Waals surface area contributed by atoms with Crippen LogP contribution in [0.15, 0.2) is 18.2 Å². The maximum atomic E-state index is 11.4. The summed E-state index contributed by atoms with van der Waals surface area (Å²) in [5, 5.41) is 12.1. The zero-order chi connectivity index (χ0) is 11.4. The van der Waals surface area contributed by atoms with Gasteiger partial charge in [-0.25, -0.2) is 0 Å². The first kappa shape index (κ1) is 11.5. The number of carbonyl (C=O) groups excluding carboxylic acids is 1. The largest absolute Gasteiger partial charge is 0.508 e. The van der Waals surface area contributed by atoms with Gasteiger partial charge in [-0.1, -0.05) is 13.0 Å². The highest BCUT2D eigenvalue weighted by atomic mass is 16.3. The monoisotopic (exact) mass is 208 g/mol. The third kappa shape index (κ3) is 2.95. The molecule has 0 aliphatic heterocycles. The van der Waals surface area contributed by atoms with Gasteiger partial charge < -0.3 is 16.2 Å². The Morgan fingerprint density at radius 2 is 2.27 bits per heavy atom. The van der Waals surface area contributed by atoms with E-state index in [0.29, 0.717) is 12.1 Å². The number of phenols is 1. The predicted molar refractivity (Wildman–Crippen MR) is 59.7 cm³/mol. The highest BCUT2D eigenvalue weighted by molar-refractivity contribution is 5.94. The van der Waals surface area contributed by atoms with Crippen molar-refractivity contribution in [3.63, 3.8) is 0 Å². The third-order valence-corrected chi connectivity index (χ3v) is 2.25. The van der Waals surface area contributed by atoms with Gasteiger partial charge in [-0.3, -0.25) is 4.79 Å². The second kappa shape index (κ2) is 4.79. The number of nitrogens with two attached hydrogens (primary N) is 1. The lowest BCUT2D eigenvalue weighted by Gasteiger charge is -2.10. The topological polar surface area (TPSA) is 75.4 Å². The number of aryl methyl sites for hydroxylation is 1. The molecule has 82 valence electrons.